The van der Waals surface area contributed by atoms with E-state index in [9.17, 15) is 9.59 Å². The third-order valence-corrected chi connectivity index (χ3v) is 3.16. The Labute approximate surface area is 105 Å². The predicted molar refractivity (Wildman–Crippen MR) is 64.2 cm³/mol. The van der Waals surface area contributed by atoms with E-state index < -0.39 is 11.9 Å². The van der Waals surface area contributed by atoms with E-state index in [1.165, 1.54) is 0 Å². The minimum absolute atomic E-state index is 0.152. The second-order valence-electron chi connectivity index (χ2n) is 4.01. The number of hydrogen-bond donors (Lipinski definition) is 0. The maximum Gasteiger partial charge on any atom is 0.316 e. The fourth-order valence-electron chi connectivity index (χ4n) is 2.10. The van der Waals surface area contributed by atoms with Crippen LogP contribution in [0, 0.1) is 5.92 Å². The van der Waals surface area contributed by atoms with Gasteiger partial charge in [-0.3, -0.25) is 9.59 Å². The normalized spacial score (nSPS) is 18.7. The Morgan fingerprint density at radius 1 is 1.53 bits per heavy atom. The van der Waals surface area contributed by atoms with Crippen molar-refractivity contribution in [2.75, 3.05) is 6.61 Å². The molecule has 1 aromatic carbocycles. The minimum Gasteiger partial charge on any atom is -0.465 e. The van der Waals surface area contributed by atoms with Crippen molar-refractivity contribution in [2.24, 2.45) is 5.92 Å². The fraction of sp³-hybridized carbons (Fsp3) is 0.385. The van der Waals surface area contributed by atoms with Crippen LogP contribution in [0.2, 0.25) is 5.02 Å². The first-order valence-corrected chi connectivity index (χ1v) is 6.00. The van der Waals surface area contributed by atoms with Gasteiger partial charge in [-0.05, 0) is 43.5 Å². The van der Waals surface area contributed by atoms with Gasteiger partial charge in [0, 0.05) is 10.6 Å². The molecule has 0 saturated carbocycles. The number of ketones is 1. The molecule has 3 nitrogen and oxygen atoms in total. The number of rotatable bonds is 2. The molecule has 17 heavy (non-hydrogen) atoms. The number of esters is 1. The second kappa shape index (κ2) is 4.88. The fourth-order valence-corrected chi connectivity index (χ4v) is 2.29. The number of hydrogen-bond acceptors (Lipinski definition) is 3. The van der Waals surface area contributed by atoms with E-state index in [1.54, 1.807) is 25.1 Å². The molecule has 0 aliphatic heterocycles. The topological polar surface area (TPSA) is 43.4 Å². The summed E-state index contributed by atoms with van der Waals surface area (Å²) in [6.45, 7) is 2.04. The Balaban J connectivity index is 2.27. The summed E-state index contributed by atoms with van der Waals surface area (Å²) in [5.41, 5.74) is 1.52. The first kappa shape index (κ1) is 12.1. The van der Waals surface area contributed by atoms with E-state index in [0.717, 1.165) is 5.56 Å². The molecule has 0 bridgehead atoms. The quantitative estimate of drug-likeness (QED) is 0.600. The van der Waals surface area contributed by atoms with Gasteiger partial charge in [0.15, 0.2) is 5.78 Å². The first-order chi connectivity index (χ1) is 8.13. The smallest absolute Gasteiger partial charge is 0.316 e. The zero-order valence-electron chi connectivity index (χ0n) is 9.53. The maximum atomic E-state index is 12.1. The van der Waals surface area contributed by atoms with E-state index >= 15 is 0 Å². The third-order valence-electron chi connectivity index (χ3n) is 2.92. The van der Waals surface area contributed by atoms with E-state index in [0.29, 0.717) is 30.0 Å². The van der Waals surface area contributed by atoms with Crippen molar-refractivity contribution >= 4 is 23.4 Å². The van der Waals surface area contributed by atoms with Crippen molar-refractivity contribution < 1.29 is 14.3 Å². The number of carbonyl (C=O) groups is 2. The Kier molecular flexibility index (Phi) is 3.48. The minimum atomic E-state index is -0.649. The summed E-state index contributed by atoms with van der Waals surface area (Å²) in [6, 6.07) is 5.15. The lowest BCUT2D eigenvalue weighted by atomic mass is 9.83. The van der Waals surface area contributed by atoms with Gasteiger partial charge in [-0.25, -0.2) is 0 Å². The number of carbonyl (C=O) groups excluding carboxylic acids is 2. The molecule has 1 aliphatic rings. The Bertz CT molecular complexity index is 468. The van der Waals surface area contributed by atoms with E-state index in [4.69, 9.17) is 16.3 Å². The summed E-state index contributed by atoms with van der Waals surface area (Å²) in [5, 5.41) is 0.617. The summed E-state index contributed by atoms with van der Waals surface area (Å²) in [5.74, 6) is -1.22. The van der Waals surface area contributed by atoms with Gasteiger partial charge in [0.05, 0.1) is 6.61 Å². The average Bonchev–Trinajstić information content (AvgIpc) is 2.29. The van der Waals surface area contributed by atoms with Gasteiger partial charge in [-0.1, -0.05) is 11.6 Å². The van der Waals surface area contributed by atoms with Crippen molar-refractivity contribution in [2.45, 2.75) is 19.8 Å². The number of ether oxygens (including phenoxy) is 1. The summed E-state index contributed by atoms with van der Waals surface area (Å²) in [6.07, 6.45) is 1.19. The first-order valence-electron chi connectivity index (χ1n) is 5.62. The van der Waals surface area contributed by atoms with Gasteiger partial charge < -0.3 is 4.74 Å². The van der Waals surface area contributed by atoms with Crippen LogP contribution in [0.3, 0.4) is 0 Å². The molecule has 0 aromatic heterocycles. The number of Topliss-reactive ketones (excluding diaryl/α,β-unsaturated/α-hetero) is 1. The molecule has 4 heteroatoms. The molecule has 0 saturated heterocycles. The molecular weight excluding hydrogens is 240 g/mol. The lowest BCUT2D eigenvalue weighted by molar-refractivity contribution is -0.146. The van der Waals surface area contributed by atoms with Gasteiger partial charge in [0.25, 0.3) is 0 Å². The summed E-state index contributed by atoms with van der Waals surface area (Å²) < 4.78 is 4.90. The van der Waals surface area contributed by atoms with E-state index in [2.05, 4.69) is 0 Å². The average molecular weight is 253 g/mol. The molecule has 0 fully saturated rings. The molecule has 1 aromatic rings. The van der Waals surface area contributed by atoms with Crippen LogP contribution < -0.4 is 0 Å². The Morgan fingerprint density at radius 3 is 3.00 bits per heavy atom. The molecule has 0 heterocycles. The van der Waals surface area contributed by atoms with Crippen molar-refractivity contribution in [1.82, 2.24) is 0 Å². The zero-order chi connectivity index (χ0) is 12.4. The van der Waals surface area contributed by atoms with Crippen LogP contribution in [-0.2, 0) is 16.0 Å². The van der Waals surface area contributed by atoms with Crippen molar-refractivity contribution in [3.05, 3.63) is 34.3 Å². The zero-order valence-corrected chi connectivity index (χ0v) is 10.3. The SMILES string of the molecule is CCOC(=O)C1CCc2cc(Cl)ccc2C1=O. The van der Waals surface area contributed by atoms with Gasteiger partial charge in [0.2, 0.25) is 0 Å². The van der Waals surface area contributed by atoms with Crippen LogP contribution in [0.1, 0.15) is 29.3 Å². The second-order valence-corrected chi connectivity index (χ2v) is 4.45. The highest BCUT2D eigenvalue weighted by Crippen LogP contribution is 2.28. The van der Waals surface area contributed by atoms with Crippen LogP contribution in [0.15, 0.2) is 18.2 Å². The molecular formula is C13H13ClO3. The van der Waals surface area contributed by atoms with Gasteiger partial charge >= 0.3 is 5.97 Å². The van der Waals surface area contributed by atoms with Crippen molar-refractivity contribution in [3.8, 4) is 0 Å². The number of aryl methyl sites for hydroxylation is 1. The molecule has 90 valence electrons. The third kappa shape index (κ3) is 2.34. The molecule has 0 amide bonds. The van der Waals surface area contributed by atoms with E-state index in [1.807, 2.05) is 0 Å². The Morgan fingerprint density at radius 2 is 2.29 bits per heavy atom. The van der Waals surface area contributed by atoms with Gasteiger partial charge in [-0.2, -0.15) is 0 Å². The molecule has 0 spiro atoms. The largest absolute Gasteiger partial charge is 0.465 e. The highest BCUT2D eigenvalue weighted by molar-refractivity contribution is 6.30. The number of halogens is 1. The maximum absolute atomic E-state index is 12.1. The lowest BCUT2D eigenvalue weighted by Gasteiger charge is -2.21. The molecule has 1 unspecified atom stereocenters. The molecule has 0 radical (unpaired) electrons. The highest BCUT2D eigenvalue weighted by atomic mass is 35.5. The van der Waals surface area contributed by atoms with Crippen LogP contribution in [0.5, 0.6) is 0 Å². The van der Waals surface area contributed by atoms with Gasteiger partial charge in [0.1, 0.15) is 5.92 Å². The standard InChI is InChI=1S/C13H13ClO3/c1-2-17-13(16)11-5-3-8-7-9(14)4-6-10(8)12(11)15/h4,6-7,11H,2-3,5H2,1H3. The van der Waals surface area contributed by atoms with Crippen LogP contribution >= 0.6 is 11.6 Å². The molecule has 2 rings (SSSR count). The molecule has 1 aliphatic carbocycles. The molecule has 1 atom stereocenters. The number of benzene rings is 1. The van der Waals surface area contributed by atoms with Crippen LogP contribution in [-0.4, -0.2) is 18.4 Å². The van der Waals surface area contributed by atoms with Gasteiger partial charge in [-0.15, -0.1) is 0 Å². The summed E-state index contributed by atoms with van der Waals surface area (Å²) in [7, 11) is 0. The van der Waals surface area contributed by atoms with E-state index in [-0.39, 0.29) is 5.78 Å². The summed E-state index contributed by atoms with van der Waals surface area (Å²) >= 11 is 5.87. The van der Waals surface area contributed by atoms with Crippen molar-refractivity contribution in [1.29, 1.82) is 0 Å². The lowest BCUT2D eigenvalue weighted by Crippen LogP contribution is -2.30. The molecule has 0 N–H and O–H groups in total. The van der Waals surface area contributed by atoms with Crippen LogP contribution in [0.25, 0.3) is 0 Å². The monoisotopic (exact) mass is 252 g/mol. The van der Waals surface area contributed by atoms with Crippen LogP contribution in [0.4, 0.5) is 0 Å². The predicted octanol–water partition coefficient (Wildman–Crippen LogP) is 2.65. The Hall–Kier alpha value is -1.35. The summed E-state index contributed by atoms with van der Waals surface area (Å²) in [4.78, 5) is 23.7. The highest BCUT2D eigenvalue weighted by Gasteiger charge is 2.33. The van der Waals surface area contributed by atoms with Crippen molar-refractivity contribution in [3.63, 3.8) is 0 Å². The number of fused-ring (bicyclic) bond motifs is 1.